The van der Waals surface area contributed by atoms with Crippen LogP contribution in [0.5, 0.6) is 0 Å². The lowest BCUT2D eigenvalue weighted by atomic mass is 10.1. The second kappa shape index (κ2) is 9.26. The van der Waals surface area contributed by atoms with Gasteiger partial charge in [0.15, 0.2) is 0 Å². The number of furan rings is 2. The van der Waals surface area contributed by atoms with E-state index in [1.165, 1.54) is 0 Å². The first-order valence-corrected chi connectivity index (χ1v) is 17.3. The Morgan fingerprint density at radius 1 is 0.346 bits per heavy atom. The van der Waals surface area contributed by atoms with Crippen LogP contribution in [0.1, 0.15) is 0 Å². The molecule has 7 aromatic carbocycles. The molecule has 0 atom stereocenters. The Bertz CT molecular complexity index is 3420. The molecule has 0 unspecified atom stereocenters. The summed E-state index contributed by atoms with van der Waals surface area (Å²) in [6, 6.07) is 50.6. The van der Waals surface area contributed by atoms with Crippen LogP contribution in [-0.4, -0.2) is 27.9 Å². The summed E-state index contributed by atoms with van der Waals surface area (Å²) in [5, 5.41) is 4.36. The van der Waals surface area contributed by atoms with Crippen molar-refractivity contribution in [2.24, 2.45) is 0 Å². The van der Waals surface area contributed by atoms with Gasteiger partial charge >= 0.3 is 0 Å². The number of hydrogen-bond donors (Lipinski definition) is 0. The predicted octanol–water partition coefficient (Wildman–Crippen LogP) is 11.0. The summed E-state index contributed by atoms with van der Waals surface area (Å²) in [6.45, 7) is 0. The average molecular weight is 669 g/mol. The van der Waals surface area contributed by atoms with Crippen LogP contribution in [-0.2, 0) is 0 Å². The smallest absolute Gasteiger partial charge is 0.220 e. The van der Waals surface area contributed by atoms with Gasteiger partial charge in [-0.15, -0.1) is 0 Å². The van der Waals surface area contributed by atoms with Gasteiger partial charge in [0.2, 0.25) is 11.6 Å². The molecule has 0 bridgehead atoms. The van der Waals surface area contributed by atoms with Crippen LogP contribution in [0.2, 0.25) is 0 Å². The summed E-state index contributed by atoms with van der Waals surface area (Å²) < 4.78 is 21.4. The summed E-state index contributed by atoms with van der Waals surface area (Å²) in [4.78, 5) is 10.6. The molecule has 6 aromatic heterocycles. The van der Waals surface area contributed by atoms with Gasteiger partial charge in [0.25, 0.3) is 0 Å². The minimum absolute atomic E-state index is 0.848. The maximum atomic E-state index is 6.17. The zero-order chi connectivity index (χ0) is 33.7. The highest BCUT2D eigenvalue weighted by atomic mass is 16.3. The Balaban J connectivity index is 1.09. The molecule has 0 N–H and O–H groups in total. The van der Waals surface area contributed by atoms with Crippen molar-refractivity contribution in [3.05, 3.63) is 146 Å². The number of imidazole rings is 4. The molecule has 0 amide bonds. The highest BCUT2D eigenvalue weighted by Gasteiger charge is 2.22. The zero-order valence-corrected chi connectivity index (χ0v) is 27.4. The lowest BCUT2D eigenvalue weighted by molar-refractivity contribution is 0.668. The first kappa shape index (κ1) is 26.5. The molecule has 0 radical (unpaired) electrons. The molecule has 52 heavy (non-hydrogen) atoms. The van der Waals surface area contributed by atoms with Gasteiger partial charge in [-0.1, -0.05) is 60.7 Å². The van der Waals surface area contributed by atoms with Crippen LogP contribution in [0.4, 0.5) is 0 Å². The standard InChI is InChI=1S/C44H24N6O2/c1-7-15-39-27(9-1)29-21-25(17-19-41(29)51-39)47-33-11-3-5-13-35(33)49-37-24-38-32(23-31(37)45-43(47)49)46-44-48(34-12-4-6-14-36(34)50(38)44)26-18-20-42-30(22-26)28-10-2-8-16-40(28)52-42/h1-24H. The number of para-hydroxylation sites is 6. The van der Waals surface area contributed by atoms with Crippen molar-refractivity contribution in [3.63, 3.8) is 0 Å². The molecular formula is C44H24N6O2. The fraction of sp³-hybridized carbons (Fsp3) is 0. The second-order valence-electron chi connectivity index (χ2n) is 13.5. The Morgan fingerprint density at radius 3 is 1.27 bits per heavy atom. The molecule has 0 fully saturated rings. The van der Waals surface area contributed by atoms with E-state index in [0.717, 1.165) is 111 Å². The molecular weight excluding hydrogens is 645 g/mol. The highest BCUT2D eigenvalue weighted by Crippen LogP contribution is 2.37. The molecule has 8 heteroatoms. The van der Waals surface area contributed by atoms with Crippen molar-refractivity contribution in [2.75, 3.05) is 0 Å². The van der Waals surface area contributed by atoms with Crippen molar-refractivity contribution in [3.8, 4) is 11.4 Å². The molecule has 0 aliphatic carbocycles. The van der Waals surface area contributed by atoms with E-state index in [1.807, 2.05) is 24.3 Å². The number of aromatic nitrogens is 6. The van der Waals surface area contributed by atoms with Gasteiger partial charge in [0.1, 0.15) is 22.3 Å². The molecule has 13 aromatic rings. The third-order valence-corrected chi connectivity index (χ3v) is 10.8. The van der Waals surface area contributed by atoms with Crippen LogP contribution in [0.25, 0.3) is 111 Å². The lowest BCUT2D eigenvalue weighted by Crippen LogP contribution is -1.95. The Hall–Kier alpha value is -7.32. The van der Waals surface area contributed by atoms with Crippen molar-refractivity contribution in [1.29, 1.82) is 0 Å². The van der Waals surface area contributed by atoms with Crippen LogP contribution < -0.4 is 0 Å². The summed E-state index contributed by atoms with van der Waals surface area (Å²) >= 11 is 0. The number of rotatable bonds is 2. The van der Waals surface area contributed by atoms with Gasteiger partial charge in [-0.2, -0.15) is 0 Å². The van der Waals surface area contributed by atoms with Gasteiger partial charge < -0.3 is 8.83 Å². The van der Waals surface area contributed by atoms with Crippen molar-refractivity contribution in [1.82, 2.24) is 27.9 Å². The fourth-order valence-electron chi connectivity index (χ4n) is 8.51. The minimum Gasteiger partial charge on any atom is -0.456 e. The largest absolute Gasteiger partial charge is 0.456 e. The third-order valence-electron chi connectivity index (χ3n) is 10.8. The van der Waals surface area contributed by atoms with Gasteiger partial charge in [-0.05, 0) is 84.9 Å². The van der Waals surface area contributed by atoms with E-state index < -0.39 is 0 Å². The lowest BCUT2D eigenvalue weighted by Gasteiger charge is -2.05. The molecule has 242 valence electrons. The maximum absolute atomic E-state index is 6.17. The first-order valence-electron chi connectivity index (χ1n) is 17.3. The topological polar surface area (TPSA) is 70.7 Å². The Kier molecular flexibility index (Phi) is 4.73. The number of benzene rings is 7. The quantitative estimate of drug-likeness (QED) is 0.184. The Labute approximate surface area is 292 Å². The maximum Gasteiger partial charge on any atom is 0.220 e. The van der Waals surface area contributed by atoms with Gasteiger partial charge in [-0.3, -0.25) is 17.9 Å². The van der Waals surface area contributed by atoms with E-state index in [0.29, 0.717) is 0 Å². The first-order chi connectivity index (χ1) is 25.8. The molecule has 0 aliphatic heterocycles. The minimum atomic E-state index is 0.848. The Morgan fingerprint density at radius 2 is 0.769 bits per heavy atom. The average Bonchev–Trinajstić information content (AvgIpc) is 4.02. The van der Waals surface area contributed by atoms with Crippen LogP contribution in [0, 0.1) is 0 Å². The SMILES string of the molecule is c1ccc2c(c1)oc1ccc(-n3c4ccccc4n4c5cc6c(cc5nc34)nc3n(-c4ccc5oc7ccccc7c5c4)c4ccccc4n63)cc12. The van der Waals surface area contributed by atoms with E-state index >= 15 is 0 Å². The summed E-state index contributed by atoms with van der Waals surface area (Å²) in [7, 11) is 0. The van der Waals surface area contributed by atoms with Crippen LogP contribution >= 0.6 is 0 Å². The fourth-order valence-corrected chi connectivity index (χ4v) is 8.51. The highest BCUT2D eigenvalue weighted by molar-refractivity contribution is 6.07. The predicted molar refractivity (Wildman–Crippen MR) is 207 cm³/mol. The van der Waals surface area contributed by atoms with E-state index in [9.17, 15) is 0 Å². The van der Waals surface area contributed by atoms with Gasteiger partial charge in [0.05, 0.1) is 55.5 Å². The molecule has 0 saturated heterocycles. The van der Waals surface area contributed by atoms with Crippen molar-refractivity contribution < 1.29 is 8.83 Å². The zero-order valence-electron chi connectivity index (χ0n) is 27.4. The van der Waals surface area contributed by atoms with Crippen molar-refractivity contribution in [2.45, 2.75) is 0 Å². The van der Waals surface area contributed by atoms with Crippen LogP contribution in [0.3, 0.4) is 0 Å². The normalized spacial score (nSPS) is 12.6. The number of fused-ring (bicyclic) bond motifs is 16. The number of nitrogens with zero attached hydrogens (tertiary/aromatic N) is 6. The molecule has 8 nitrogen and oxygen atoms in total. The van der Waals surface area contributed by atoms with E-state index in [2.05, 4.69) is 139 Å². The van der Waals surface area contributed by atoms with Crippen LogP contribution in [0.15, 0.2) is 154 Å². The number of hydrogen-bond acceptors (Lipinski definition) is 4. The van der Waals surface area contributed by atoms with Crippen molar-refractivity contribution >= 4 is 99.6 Å². The van der Waals surface area contributed by atoms with Gasteiger partial charge in [0, 0.05) is 21.5 Å². The monoisotopic (exact) mass is 668 g/mol. The van der Waals surface area contributed by atoms with E-state index in [4.69, 9.17) is 18.8 Å². The molecule has 0 aliphatic rings. The second-order valence-corrected chi connectivity index (χ2v) is 13.5. The van der Waals surface area contributed by atoms with E-state index in [-0.39, 0.29) is 0 Å². The summed E-state index contributed by atoms with van der Waals surface area (Å²) in [6.07, 6.45) is 0. The van der Waals surface area contributed by atoms with Gasteiger partial charge in [-0.25, -0.2) is 9.97 Å². The molecule has 0 saturated carbocycles. The summed E-state index contributed by atoms with van der Waals surface area (Å²) in [5.74, 6) is 1.70. The van der Waals surface area contributed by atoms with E-state index in [1.54, 1.807) is 0 Å². The molecule has 6 heterocycles. The molecule has 13 rings (SSSR count). The summed E-state index contributed by atoms with van der Waals surface area (Å²) in [5.41, 5.74) is 13.7. The third kappa shape index (κ3) is 3.27. The molecule has 0 spiro atoms.